The molecule has 1 N–H and O–H groups in total. The Kier molecular flexibility index (Phi) is 1.68. The monoisotopic (exact) mass is 138 g/mol. The number of hydrogen-bond donors (Lipinski definition) is 1. The predicted molar refractivity (Wildman–Crippen MR) is 32.2 cm³/mol. The van der Waals surface area contributed by atoms with Gasteiger partial charge >= 0.3 is 0 Å². The molecule has 0 bridgehead atoms. The zero-order valence-corrected chi connectivity index (χ0v) is 4.93. The van der Waals surface area contributed by atoms with Crippen molar-refractivity contribution in [3.05, 3.63) is 12.3 Å². The van der Waals surface area contributed by atoms with Gasteiger partial charge in [0.2, 0.25) is 11.6 Å². The van der Waals surface area contributed by atoms with E-state index < -0.39 is 11.9 Å². The summed E-state index contributed by atoms with van der Waals surface area (Å²) in [5.41, 5.74) is 8.11. The van der Waals surface area contributed by atoms with E-state index in [0.717, 1.165) is 0 Å². The van der Waals surface area contributed by atoms with E-state index in [2.05, 4.69) is 10.1 Å². The van der Waals surface area contributed by atoms with E-state index in [1.165, 1.54) is 12.3 Å². The third-order valence-electron chi connectivity index (χ3n) is 1.05. The topological polar surface area (TPSA) is 84.3 Å². The lowest BCUT2D eigenvalue weighted by atomic mass is 10.2. The lowest BCUT2D eigenvalue weighted by Gasteiger charge is -2.04. The van der Waals surface area contributed by atoms with Crippen LogP contribution in [0.1, 0.15) is 0 Å². The maximum absolute atomic E-state index is 10.7. The minimum atomic E-state index is -1.22. The van der Waals surface area contributed by atoms with Gasteiger partial charge in [0.15, 0.2) is 0 Å². The second-order valence-electron chi connectivity index (χ2n) is 1.70. The van der Waals surface area contributed by atoms with Crippen molar-refractivity contribution in [2.24, 2.45) is 10.1 Å². The van der Waals surface area contributed by atoms with Crippen LogP contribution in [-0.2, 0) is 4.79 Å². The zero-order valence-electron chi connectivity index (χ0n) is 4.93. The maximum Gasteiger partial charge on any atom is 0.234 e. The maximum atomic E-state index is 10.7. The van der Waals surface area contributed by atoms with Crippen molar-refractivity contribution >= 4 is 11.6 Å². The van der Waals surface area contributed by atoms with Gasteiger partial charge < -0.3 is 5.11 Å². The molecule has 0 aliphatic carbocycles. The second kappa shape index (κ2) is 2.49. The molecular weight excluding hydrogens is 134 g/mol. The highest BCUT2D eigenvalue weighted by molar-refractivity contribution is 6.41. The highest BCUT2D eigenvalue weighted by Gasteiger charge is 2.20. The lowest BCUT2D eigenvalue weighted by molar-refractivity contribution is -0.118. The van der Waals surface area contributed by atoms with Crippen molar-refractivity contribution in [1.82, 2.24) is 5.53 Å². The number of aliphatic imine (C=N–C) groups is 1. The summed E-state index contributed by atoms with van der Waals surface area (Å²) in [6.45, 7) is 0. The normalized spacial score (nSPS) is 24.3. The molecule has 1 radical (unpaired) electrons. The third-order valence-corrected chi connectivity index (χ3v) is 1.05. The van der Waals surface area contributed by atoms with Crippen molar-refractivity contribution in [3.8, 4) is 0 Å². The van der Waals surface area contributed by atoms with Crippen LogP contribution in [0.3, 0.4) is 0 Å². The van der Waals surface area contributed by atoms with Gasteiger partial charge in [-0.3, -0.25) is 4.79 Å². The first-order valence-corrected chi connectivity index (χ1v) is 2.57. The lowest BCUT2D eigenvalue weighted by Crippen LogP contribution is -2.27. The summed E-state index contributed by atoms with van der Waals surface area (Å²) in [5.74, 6) is -1.06. The fraction of sp³-hybridized carbons (Fsp3) is 0.200. The number of carbonyl (C=O) groups is 1. The summed E-state index contributed by atoms with van der Waals surface area (Å²) in [6, 6.07) is 0. The number of Topliss-reactive ketones (excluding diaryl/α,β-unsaturated/α-hetero) is 1. The molecule has 10 heavy (non-hydrogen) atoms. The molecule has 5 heteroatoms. The van der Waals surface area contributed by atoms with Crippen LogP contribution >= 0.6 is 0 Å². The van der Waals surface area contributed by atoms with Gasteiger partial charge in [-0.25, -0.2) is 4.99 Å². The molecule has 1 aliphatic heterocycles. The van der Waals surface area contributed by atoms with Crippen LogP contribution in [0.5, 0.6) is 0 Å². The van der Waals surface area contributed by atoms with Crippen LogP contribution < -0.4 is 5.53 Å². The number of rotatable bonds is 0. The number of nitrogens with zero attached hydrogens (tertiary/aromatic N) is 3. The molecule has 51 valence electrons. The minimum absolute atomic E-state index is 0.366. The second-order valence-corrected chi connectivity index (χ2v) is 1.70. The molecule has 0 aromatic heterocycles. The summed E-state index contributed by atoms with van der Waals surface area (Å²) < 4.78 is 0. The average molecular weight is 138 g/mol. The van der Waals surface area contributed by atoms with Crippen LogP contribution in [0.25, 0.3) is 0 Å². The Morgan fingerprint density at radius 2 is 2.50 bits per heavy atom. The van der Waals surface area contributed by atoms with Crippen molar-refractivity contribution in [2.45, 2.75) is 6.10 Å². The van der Waals surface area contributed by atoms with Gasteiger partial charge in [-0.15, -0.1) is 5.11 Å². The largest absolute Gasteiger partial charge is 0.381 e. The molecule has 0 fully saturated rings. The van der Waals surface area contributed by atoms with Crippen molar-refractivity contribution in [2.75, 3.05) is 0 Å². The molecule has 0 saturated carbocycles. The Morgan fingerprint density at radius 1 is 1.80 bits per heavy atom. The molecule has 0 spiro atoms. The van der Waals surface area contributed by atoms with Crippen LogP contribution in [0.2, 0.25) is 0 Å². The van der Waals surface area contributed by atoms with Crippen LogP contribution in [-0.4, -0.2) is 22.8 Å². The number of amidine groups is 1. The van der Waals surface area contributed by atoms with Crippen LogP contribution in [0.4, 0.5) is 0 Å². The predicted octanol–water partition coefficient (Wildman–Crippen LogP) is -0.906. The number of ketones is 1. The molecule has 1 atom stereocenters. The summed E-state index contributed by atoms with van der Waals surface area (Å²) in [5, 5.41) is 11.4. The Morgan fingerprint density at radius 3 is 3.00 bits per heavy atom. The van der Waals surface area contributed by atoms with E-state index in [1.54, 1.807) is 0 Å². The van der Waals surface area contributed by atoms with Gasteiger partial charge in [0.25, 0.3) is 0 Å². The first-order chi connectivity index (χ1) is 4.75. The van der Waals surface area contributed by atoms with E-state index in [-0.39, 0.29) is 5.84 Å². The fourth-order valence-electron chi connectivity index (χ4n) is 0.554. The molecule has 1 unspecified atom stereocenters. The fourth-order valence-corrected chi connectivity index (χ4v) is 0.554. The zero-order chi connectivity index (χ0) is 7.56. The van der Waals surface area contributed by atoms with Gasteiger partial charge in [0.05, 0.1) is 0 Å². The Labute approximate surface area is 56.6 Å². The first-order valence-electron chi connectivity index (χ1n) is 2.57. The standard InChI is InChI=1S/C5H4N3O2/c6-8-5-4(10)3(9)1-2-7-5/h1-3,9H. The van der Waals surface area contributed by atoms with Crippen molar-refractivity contribution < 1.29 is 9.90 Å². The number of hydrogen-bond acceptors (Lipinski definition) is 4. The summed E-state index contributed by atoms with van der Waals surface area (Å²) in [4.78, 5) is 14.1. The SMILES string of the molecule is [N]=NC1=NC=CC(O)C1=O. The molecule has 0 aromatic rings. The van der Waals surface area contributed by atoms with Gasteiger partial charge in [-0.1, -0.05) is 0 Å². The molecule has 1 aliphatic rings. The highest BCUT2D eigenvalue weighted by Crippen LogP contribution is 1.99. The molecule has 0 aromatic carbocycles. The molecule has 1 heterocycles. The van der Waals surface area contributed by atoms with Gasteiger partial charge in [0, 0.05) is 6.20 Å². The van der Waals surface area contributed by atoms with Crippen molar-refractivity contribution in [3.63, 3.8) is 0 Å². The van der Waals surface area contributed by atoms with Crippen molar-refractivity contribution in [1.29, 1.82) is 0 Å². The van der Waals surface area contributed by atoms with E-state index in [0.29, 0.717) is 0 Å². The smallest absolute Gasteiger partial charge is 0.234 e. The van der Waals surface area contributed by atoms with Crippen LogP contribution in [0.15, 0.2) is 22.4 Å². The van der Waals surface area contributed by atoms with E-state index in [4.69, 9.17) is 10.6 Å². The molecule has 5 nitrogen and oxygen atoms in total. The van der Waals surface area contributed by atoms with Crippen LogP contribution in [0, 0.1) is 0 Å². The summed E-state index contributed by atoms with van der Waals surface area (Å²) in [7, 11) is 0. The van der Waals surface area contributed by atoms with E-state index in [1.807, 2.05) is 0 Å². The summed E-state index contributed by atoms with van der Waals surface area (Å²) in [6.07, 6.45) is 1.20. The van der Waals surface area contributed by atoms with Gasteiger partial charge in [0.1, 0.15) is 6.10 Å². The molecule has 0 saturated heterocycles. The van der Waals surface area contributed by atoms with Gasteiger partial charge in [-0.2, -0.15) is 0 Å². The highest BCUT2D eigenvalue weighted by atomic mass is 16.3. The molecule has 0 amide bonds. The summed E-state index contributed by atoms with van der Waals surface area (Å²) >= 11 is 0. The van der Waals surface area contributed by atoms with Gasteiger partial charge in [-0.05, 0) is 11.6 Å². The number of carbonyl (C=O) groups excluding carboxylic acids is 1. The average Bonchev–Trinajstić information content (AvgIpc) is 1.95. The Hall–Kier alpha value is -1.36. The van der Waals surface area contributed by atoms with E-state index in [9.17, 15) is 4.79 Å². The van der Waals surface area contributed by atoms with E-state index >= 15 is 0 Å². The third kappa shape index (κ3) is 0.985. The molecule has 1 rings (SSSR count). The minimum Gasteiger partial charge on any atom is -0.381 e. The molecular formula is C5H4N3O2. The number of aliphatic hydroxyl groups excluding tert-OH is 1. The first kappa shape index (κ1) is 6.76. The Bertz CT molecular complexity index is 231. The quantitative estimate of drug-likeness (QED) is 0.439. The number of aliphatic hydroxyl groups is 1. The Balaban J connectivity index is 2.92.